The molecular formula is C14H19N3OS. The molecule has 1 atom stereocenters. The maximum Gasteiger partial charge on any atom is 0.0880 e. The monoisotopic (exact) mass is 277 g/mol. The van der Waals surface area contributed by atoms with E-state index in [2.05, 4.69) is 10.3 Å². The molecule has 0 fully saturated rings. The first-order valence-corrected chi connectivity index (χ1v) is 7.50. The van der Waals surface area contributed by atoms with Crippen LogP contribution in [0, 0.1) is 0 Å². The Labute approximate surface area is 117 Å². The van der Waals surface area contributed by atoms with E-state index in [0.29, 0.717) is 12.3 Å². The van der Waals surface area contributed by atoms with Gasteiger partial charge in [-0.2, -0.15) is 11.8 Å². The number of nitrogens with one attached hydrogen (secondary N) is 1. The van der Waals surface area contributed by atoms with E-state index in [1.807, 2.05) is 31.4 Å². The van der Waals surface area contributed by atoms with Crippen molar-refractivity contribution in [3.63, 3.8) is 0 Å². The first-order valence-electron chi connectivity index (χ1n) is 6.11. The lowest BCUT2D eigenvalue weighted by Crippen LogP contribution is -2.36. The van der Waals surface area contributed by atoms with Crippen molar-refractivity contribution >= 4 is 33.9 Å². The highest BCUT2D eigenvalue weighted by atomic mass is 32.2. The molecule has 0 aliphatic heterocycles. The number of nitrogens with two attached hydrogens (primary N) is 1. The van der Waals surface area contributed by atoms with Gasteiger partial charge < -0.3 is 16.2 Å². The molecule has 0 saturated carbocycles. The summed E-state index contributed by atoms with van der Waals surface area (Å²) in [7, 11) is 0. The van der Waals surface area contributed by atoms with Crippen molar-refractivity contribution in [3.05, 3.63) is 30.6 Å². The van der Waals surface area contributed by atoms with E-state index in [4.69, 9.17) is 5.73 Å². The van der Waals surface area contributed by atoms with Gasteiger partial charge in [-0.1, -0.05) is 0 Å². The Hall–Kier alpha value is -1.46. The largest absolute Gasteiger partial charge is 0.398 e. The zero-order valence-corrected chi connectivity index (χ0v) is 12.0. The second kappa shape index (κ2) is 5.67. The Balaban J connectivity index is 2.24. The molecule has 0 radical (unpaired) electrons. The van der Waals surface area contributed by atoms with Crippen molar-refractivity contribution in [2.45, 2.75) is 12.5 Å². The smallest absolute Gasteiger partial charge is 0.0880 e. The second-order valence-corrected chi connectivity index (χ2v) is 5.77. The number of benzene rings is 1. The minimum absolute atomic E-state index is 0.488. The molecule has 2 rings (SSSR count). The van der Waals surface area contributed by atoms with Gasteiger partial charge in [-0.15, -0.1) is 0 Å². The van der Waals surface area contributed by atoms with Crippen LogP contribution in [-0.4, -0.2) is 34.2 Å². The Morgan fingerprint density at radius 3 is 2.89 bits per heavy atom. The fourth-order valence-corrected chi connectivity index (χ4v) is 2.74. The summed E-state index contributed by atoms with van der Waals surface area (Å²) in [4.78, 5) is 4.13. The van der Waals surface area contributed by atoms with E-state index >= 15 is 0 Å². The molecule has 5 heteroatoms. The van der Waals surface area contributed by atoms with Crippen LogP contribution in [0.25, 0.3) is 10.8 Å². The van der Waals surface area contributed by atoms with Gasteiger partial charge in [0.1, 0.15) is 0 Å². The third-order valence-electron chi connectivity index (χ3n) is 2.97. The van der Waals surface area contributed by atoms with Crippen LogP contribution >= 0.6 is 11.8 Å². The summed E-state index contributed by atoms with van der Waals surface area (Å²) in [5, 5.41) is 15.4. The molecule has 0 amide bonds. The van der Waals surface area contributed by atoms with Crippen molar-refractivity contribution in [3.8, 4) is 0 Å². The highest BCUT2D eigenvalue weighted by Gasteiger charge is 2.19. The Morgan fingerprint density at radius 1 is 1.37 bits per heavy atom. The van der Waals surface area contributed by atoms with Gasteiger partial charge in [0.05, 0.1) is 5.60 Å². The van der Waals surface area contributed by atoms with Gasteiger partial charge in [0.25, 0.3) is 0 Å². The van der Waals surface area contributed by atoms with Crippen LogP contribution in [0.5, 0.6) is 0 Å². The number of nitrogen functional groups attached to an aromatic ring is 1. The standard InChI is InChI=1S/C14H19N3OS/c1-14(18,9-19-2)8-17-13-4-3-12(15)10-5-6-16-7-11(10)13/h3-7,17-18H,8-9,15H2,1-2H3. The number of fused-ring (bicyclic) bond motifs is 1. The van der Waals surface area contributed by atoms with Gasteiger partial charge in [-0.3, -0.25) is 4.98 Å². The lowest BCUT2D eigenvalue weighted by Gasteiger charge is -2.23. The van der Waals surface area contributed by atoms with Crippen molar-refractivity contribution in [1.82, 2.24) is 4.98 Å². The van der Waals surface area contributed by atoms with Gasteiger partial charge >= 0.3 is 0 Å². The topological polar surface area (TPSA) is 71.2 Å². The van der Waals surface area contributed by atoms with Crippen LogP contribution in [-0.2, 0) is 0 Å². The molecule has 0 saturated heterocycles. The molecule has 102 valence electrons. The SMILES string of the molecule is CSCC(C)(O)CNc1ccc(N)c2ccncc12. The third-order valence-corrected chi connectivity index (χ3v) is 3.88. The second-order valence-electron chi connectivity index (χ2n) is 4.91. The minimum atomic E-state index is -0.741. The first-order chi connectivity index (χ1) is 9.03. The predicted molar refractivity (Wildman–Crippen MR) is 83.7 cm³/mol. The number of aliphatic hydroxyl groups is 1. The molecule has 2 aromatic rings. The van der Waals surface area contributed by atoms with Crippen LogP contribution in [0.4, 0.5) is 11.4 Å². The number of rotatable bonds is 5. The molecule has 4 N–H and O–H groups in total. The van der Waals surface area contributed by atoms with E-state index in [9.17, 15) is 5.11 Å². The first kappa shape index (κ1) is 14.0. The van der Waals surface area contributed by atoms with Gasteiger partial charge in [-0.25, -0.2) is 0 Å². The molecule has 0 aliphatic rings. The van der Waals surface area contributed by atoms with E-state index in [-0.39, 0.29) is 0 Å². The number of hydrogen-bond acceptors (Lipinski definition) is 5. The molecule has 0 bridgehead atoms. The number of anilines is 2. The van der Waals surface area contributed by atoms with Gasteiger partial charge in [0.2, 0.25) is 0 Å². The Morgan fingerprint density at radius 2 is 2.16 bits per heavy atom. The van der Waals surface area contributed by atoms with Crippen LogP contribution in [0.15, 0.2) is 30.6 Å². The van der Waals surface area contributed by atoms with E-state index in [0.717, 1.165) is 22.1 Å². The number of pyridine rings is 1. The van der Waals surface area contributed by atoms with Gasteiger partial charge in [0.15, 0.2) is 0 Å². The summed E-state index contributed by atoms with van der Waals surface area (Å²) in [6, 6.07) is 5.69. The van der Waals surface area contributed by atoms with E-state index < -0.39 is 5.60 Å². The van der Waals surface area contributed by atoms with Gasteiger partial charge in [-0.05, 0) is 31.4 Å². The molecule has 1 aromatic carbocycles. The van der Waals surface area contributed by atoms with E-state index in [1.165, 1.54) is 0 Å². The molecular weight excluding hydrogens is 258 g/mol. The maximum absolute atomic E-state index is 10.2. The van der Waals surface area contributed by atoms with Crippen LogP contribution in [0.3, 0.4) is 0 Å². The normalized spacial score (nSPS) is 14.3. The average Bonchev–Trinajstić information content (AvgIpc) is 2.38. The molecule has 1 unspecified atom stereocenters. The minimum Gasteiger partial charge on any atom is -0.398 e. The number of aromatic nitrogens is 1. The third kappa shape index (κ3) is 3.30. The molecule has 1 aromatic heterocycles. The molecule has 0 aliphatic carbocycles. The molecule has 0 spiro atoms. The Bertz CT molecular complexity index is 572. The summed E-state index contributed by atoms with van der Waals surface area (Å²) in [5.41, 5.74) is 6.88. The van der Waals surface area contributed by atoms with Crippen molar-refractivity contribution in [1.29, 1.82) is 0 Å². The van der Waals surface area contributed by atoms with Gasteiger partial charge in [0, 0.05) is 46.8 Å². The highest BCUT2D eigenvalue weighted by molar-refractivity contribution is 7.98. The van der Waals surface area contributed by atoms with Crippen molar-refractivity contribution < 1.29 is 5.11 Å². The van der Waals surface area contributed by atoms with Crippen molar-refractivity contribution in [2.75, 3.05) is 29.6 Å². The predicted octanol–water partition coefficient (Wildman–Crippen LogP) is 2.34. The zero-order valence-electron chi connectivity index (χ0n) is 11.2. The fourth-order valence-electron chi connectivity index (χ4n) is 2.02. The maximum atomic E-state index is 10.2. The van der Waals surface area contributed by atoms with Crippen LogP contribution in [0.1, 0.15) is 6.92 Å². The Kier molecular flexibility index (Phi) is 4.17. The molecule has 1 heterocycles. The van der Waals surface area contributed by atoms with Crippen molar-refractivity contribution in [2.24, 2.45) is 0 Å². The molecule has 19 heavy (non-hydrogen) atoms. The summed E-state index contributed by atoms with van der Waals surface area (Å²) in [5.74, 6) is 0.686. The molecule has 4 nitrogen and oxygen atoms in total. The fraction of sp³-hybridized carbons (Fsp3) is 0.357. The lowest BCUT2D eigenvalue weighted by molar-refractivity contribution is 0.0997. The van der Waals surface area contributed by atoms with Crippen LogP contribution < -0.4 is 11.1 Å². The summed E-state index contributed by atoms with van der Waals surface area (Å²) in [6.07, 6.45) is 5.50. The lowest BCUT2D eigenvalue weighted by atomic mass is 10.1. The quantitative estimate of drug-likeness (QED) is 0.732. The zero-order chi connectivity index (χ0) is 13.9. The summed E-state index contributed by atoms with van der Waals surface area (Å²) >= 11 is 1.63. The van der Waals surface area contributed by atoms with E-state index in [1.54, 1.807) is 24.2 Å². The number of hydrogen-bond donors (Lipinski definition) is 3. The highest BCUT2D eigenvalue weighted by Crippen LogP contribution is 2.27. The average molecular weight is 277 g/mol. The summed E-state index contributed by atoms with van der Waals surface area (Å²) < 4.78 is 0. The summed E-state index contributed by atoms with van der Waals surface area (Å²) in [6.45, 7) is 2.32. The number of thioether (sulfide) groups is 1. The number of nitrogens with zero attached hydrogens (tertiary/aromatic N) is 1. The van der Waals surface area contributed by atoms with Crippen LogP contribution in [0.2, 0.25) is 0 Å².